The summed E-state index contributed by atoms with van der Waals surface area (Å²) in [4.78, 5) is 0. The summed E-state index contributed by atoms with van der Waals surface area (Å²) >= 11 is 0. The minimum absolute atomic E-state index is 0.135. The zero-order valence-electron chi connectivity index (χ0n) is 11.3. The van der Waals surface area contributed by atoms with E-state index in [4.69, 9.17) is 9.47 Å². The van der Waals surface area contributed by atoms with E-state index in [9.17, 15) is 4.39 Å². The number of rotatable bonds is 8. The Bertz CT molecular complexity index is 338. The van der Waals surface area contributed by atoms with E-state index in [1.54, 1.807) is 19.2 Å². The van der Waals surface area contributed by atoms with Crippen LogP contribution in [0.15, 0.2) is 24.3 Å². The van der Waals surface area contributed by atoms with E-state index in [0.717, 1.165) is 12.1 Å². The summed E-state index contributed by atoms with van der Waals surface area (Å²) in [6.07, 6.45) is 0.861. The summed E-state index contributed by atoms with van der Waals surface area (Å²) < 4.78 is 23.5. The van der Waals surface area contributed by atoms with Gasteiger partial charge in [-0.3, -0.25) is 0 Å². The van der Waals surface area contributed by atoms with Crippen molar-refractivity contribution in [1.29, 1.82) is 0 Å². The second-order valence-electron chi connectivity index (χ2n) is 4.76. The van der Waals surface area contributed by atoms with Gasteiger partial charge in [-0.05, 0) is 44.5 Å². The molecule has 1 N–H and O–H groups in total. The standard InChI is InChI=1S/C14H22FNO2/c1-14(2,17-3)8-10-18-11-9-16-13-6-4-12(15)5-7-13/h4-7,16H,8-11H2,1-3H3. The molecular weight excluding hydrogens is 233 g/mol. The molecule has 0 aliphatic rings. The molecule has 0 radical (unpaired) electrons. The Morgan fingerprint density at radius 3 is 2.44 bits per heavy atom. The van der Waals surface area contributed by atoms with E-state index < -0.39 is 0 Å². The molecule has 1 rings (SSSR count). The van der Waals surface area contributed by atoms with Gasteiger partial charge in [-0.25, -0.2) is 4.39 Å². The monoisotopic (exact) mass is 255 g/mol. The van der Waals surface area contributed by atoms with Gasteiger partial charge in [0.25, 0.3) is 0 Å². The minimum Gasteiger partial charge on any atom is -0.383 e. The Morgan fingerprint density at radius 2 is 1.83 bits per heavy atom. The highest BCUT2D eigenvalue weighted by atomic mass is 19.1. The molecule has 0 saturated heterocycles. The molecule has 0 spiro atoms. The second-order valence-corrected chi connectivity index (χ2v) is 4.76. The van der Waals surface area contributed by atoms with E-state index in [-0.39, 0.29) is 11.4 Å². The van der Waals surface area contributed by atoms with Crippen LogP contribution in [0, 0.1) is 5.82 Å². The number of halogens is 1. The van der Waals surface area contributed by atoms with Crippen LogP contribution < -0.4 is 5.32 Å². The van der Waals surface area contributed by atoms with Crippen LogP contribution in [-0.4, -0.2) is 32.5 Å². The zero-order valence-corrected chi connectivity index (χ0v) is 11.3. The first-order chi connectivity index (χ1) is 8.53. The van der Waals surface area contributed by atoms with Crippen LogP contribution in [0.1, 0.15) is 20.3 Å². The van der Waals surface area contributed by atoms with Crippen LogP contribution in [-0.2, 0) is 9.47 Å². The van der Waals surface area contributed by atoms with Gasteiger partial charge in [-0.1, -0.05) is 0 Å². The summed E-state index contributed by atoms with van der Waals surface area (Å²) in [7, 11) is 1.70. The molecule has 0 bridgehead atoms. The molecule has 0 saturated carbocycles. The molecule has 102 valence electrons. The van der Waals surface area contributed by atoms with Crippen molar-refractivity contribution in [2.45, 2.75) is 25.9 Å². The quantitative estimate of drug-likeness (QED) is 0.724. The average molecular weight is 255 g/mol. The fraction of sp³-hybridized carbons (Fsp3) is 0.571. The summed E-state index contributed by atoms with van der Waals surface area (Å²) in [6.45, 7) is 6.07. The van der Waals surface area contributed by atoms with E-state index in [0.29, 0.717) is 19.8 Å². The first-order valence-corrected chi connectivity index (χ1v) is 6.16. The molecule has 4 heteroatoms. The van der Waals surface area contributed by atoms with Crippen molar-refractivity contribution in [3.05, 3.63) is 30.1 Å². The summed E-state index contributed by atoms with van der Waals surface area (Å²) in [5, 5.41) is 3.16. The van der Waals surface area contributed by atoms with Gasteiger partial charge < -0.3 is 14.8 Å². The van der Waals surface area contributed by atoms with Crippen molar-refractivity contribution in [1.82, 2.24) is 0 Å². The van der Waals surface area contributed by atoms with E-state index >= 15 is 0 Å². The van der Waals surface area contributed by atoms with Crippen molar-refractivity contribution in [2.75, 3.05) is 32.2 Å². The Morgan fingerprint density at radius 1 is 1.17 bits per heavy atom. The third-order valence-electron chi connectivity index (χ3n) is 2.82. The summed E-state index contributed by atoms with van der Waals surface area (Å²) in [6, 6.07) is 6.29. The van der Waals surface area contributed by atoms with Gasteiger partial charge in [0, 0.05) is 25.9 Å². The van der Waals surface area contributed by atoms with Crippen molar-refractivity contribution < 1.29 is 13.9 Å². The summed E-state index contributed by atoms with van der Waals surface area (Å²) in [5.74, 6) is -0.224. The minimum atomic E-state index is -0.224. The fourth-order valence-electron chi connectivity index (χ4n) is 1.36. The van der Waals surface area contributed by atoms with Gasteiger partial charge in [-0.15, -0.1) is 0 Å². The third kappa shape index (κ3) is 5.98. The SMILES string of the molecule is COC(C)(C)CCOCCNc1ccc(F)cc1. The van der Waals surface area contributed by atoms with Crippen LogP contribution in [0.3, 0.4) is 0 Å². The molecule has 1 aromatic rings. The number of methoxy groups -OCH3 is 1. The molecule has 0 aromatic heterocycles. The molecule has 0 aliphatic carbocycles. The summed E-state index contributed by atoms with van der Waals surface area (Å²) in [5.41, 5.74) is 0.766. The van der Waals surface area contributed by atoms with Gasteiger partial charge >= 0.3 is 0 Å². The number of anilines is 1. The first kappa shape index (κ1) is 14.9. The van der Waals surface area contributed by atoms with Crippen LogP contribution in [0.25, 0.3) is 0 Å². The highest BCUT2D eigenvalue weighted by Gasteiger charge is 2.15. The zero-order chi connectivity index (χ0) is 13.4. The Labute approximate surface area is 108 Å². The Hall–Kier alpha value is -1.13. The van der Waals surface area contributed by atoms with Crippen LogP contribution in [0.4, 0.5) is 10.1 Å². The molecule has 3 nitrogen and oxygen atoms in total. The Kier molecular flexibility index (Phi) is 6.09. The van der Waals surface area contributed by atoms with Crippen molar-refractivity contribution >= 4 is 5.69 Å². The van der Waals surface area contributed by atoms with Gasteiger partial charge in [0.2, 0.25) is 0 Å². The molecule has 0 aliphatic heterocycles. The van der Waals surface area contributed by atoms with Crippen LogP contribution in [0.5, 0.6) is 0 Å². The van der Waals surface area contributed by atoms with Gasteiger partial charge in [0.1, 0.15) is 5.82 Å². The maximum absolute atomic E-state index is 12.7. The number of ether oxygens (including phenoxy) is 2. The van der Waals surface area contributed by atoms with E-state index in [1.807, 2.05) is 13.8 Å². The van der Waals surface area contributed by atoms with Crippen molar-refractivity contribution in [2.24, 2.45) is 0 Å². The average Bonchev–Trinajstić information content (AvgIpc) is 2.36. The second kappa shape index (κ2) is 7.34. The molecular formula is C14H22FNO2. The molecule has 18 heavy (non-hydrogen) atoms. The van der Waals surface area contributed by atoms with Crippen molar-refractivity contribution in [3.8, 4) is 0 Å². The highest BCUT2D eigenvalue weighted by Crippen LogP contribution is 2.12. The maximum Gasteiger partial charge on any atom is 0.123 e. The maximum atomic E-state index is 12.7. The van der Waals surface area contributed by atoms with Gasteiger partial charge in [0.15, 0.2) is 0 Å². The highest BCUT2D eigenvalue weighted by molar-refractivity contribution is 5.42. The number of hydrogen-bond acceptors (Lipinski definition) is 3. The largest absolute Gasteiger partial charge is 0.383 e. The topological polar surface area (TPSA) is 30.5 Å². The van der Waals surface area contributed by atoms with Gasteiger partial charge in [-0.2, -0.15) is 0 Å². The molecule has 0 heterocycles. The van der Waals surface area contributed by atoms with E-state index in [1.165, 1.54) is 12.1 Å². The Balaban J connectivity index is 2.07. The van der Waals surface area contributed by atoms with Crippen LogP contribution in [0.2, 0.25) is 0 Å². The molecule has 0 fully saturated rings. The first-order valence-electron chi connectivity index (χ1n) is 6.16. The smallest absolute Gasteiger partial charge is 0.123 e. The molecule has 0 atom stereocenters. The predicted octanol–water partition coefficient (Wildman–Crippen LogP) is 3.07. The number of hydrogen-bond donors (Lipinski definition) is 1. The third-order valence-corrected chi connectivity index (χ3v) is 2.82. The van der Waals surface area contributed by atoms with Crippen LogP contribution >= 0.6 is 0 Å². The predicted molar refractivity (Wildman–Crippen MR) is 71.4 cm³/mol. The number of benzene rings is 1. The normalized spacial score (nSPS) is 11.6. The molecule has 1 aromatic carbocycles. The van der Waals surface area contributed by atoms with E-state index in [2.05, 4.69) is 5.32 Å². The lowest BCUT2D eigenvalue weighted by molar-refractivity contribution is -0.00856. The lowest BCUT2D eigenvalue weighted by Gasteiger charge is -2.22. The fourth-order valence-corrected chi connectivity index (χ4v) is 1.36. The molecule has 0 amide bonds. The number of nitrogens with one attached hydrogen (secondary N) is 1. The van der Waals surface area contributed by atoms with Crippen molar-refractivity contribution in [3.63, 3.8) is 0 Å². The lowest BCUT2D eigenvalue weighted by atomic mass is 10.1. The molecule has 0 unspecified atom stereocenters. The lowest BCUT2D eigenvalue weighted by Crippen LogP contribution is -2.25. The van der Waals surface area contributed by atoms with Gasteiger partial charge in [0.05, 0.1) is 12.2 Å².